The SMILES string of the molecule is Cc1ccc(C(=N[C@H]2CN3CCC2CC3)NO)c(F)c1Cl. The topological polar surface area (TPSA) is 47.9 Å². The second-order valence-corrected chi connectivity index (χ2v) is 6.23. The quantitative estimate of drug-likeness (QED) is 0.501. The summed E-state index contributed by atoms with van der Waals surface area (Å²) in [5.74, 6) is 0.133. The van der Waals surface area contributed by atoms with Crippen molar-refractivity contribution in [3.05, 3.63) is 34.1 Å². The molecular formula is C15H19ClFN3O. The van der Waals surface area contributed by atoms with E-state index in [2.05, 4.69) is 9.89 Å². The number of fused-ring (bicyclic) bond motifs is 3. The number of amidine groups is 1. The molecule has 1 aromatic carbocycles. The van der Waals surface area contributed by atoms with Crippen LogP contribution in [0.4, 0.5) is 4.39 Å². The zero-order valence-corrected chi connectivity index (χ0v) is 12.7. The lowest BCUT2D eigenvalue weighted by atomic mass is 9.84. The van der Waals surface area contributed by atoms with Crippen LogP contribution in [0.25, 0.3) is 0 Å². The maximum Gasteiger partial charge on any atom is 0.155 e. The Labute approximate surface area is 128 Å². The van der Waals surface area contributed by atoms with Gasteiger partial charge in [-0.2, -0.15) is 0 Å². The summed E-state index contributed by atoms with van der Waals surface area (Å²) >= 11 is 5.94. The van der Waals surface area contributed by atoms with Gasteiger partial charge < -0.3 is 4.90 Å². The first-order valence-electron chi connectivity index (χ1n) is 7.25. The molecule has 3 aliphatic heterocycles. The zero-order chi connectivity index (χ0) is 15.0. The summed E-state index contributed by atoms with van der Waals surface area (Å²) in [5.41, 5.74) is 2.92. The van der Waals surface area contributed by atoms with Gasteiger partial charge in [-0.25, -0.2) is 4.39 Å². The van der Waals surface area contributed by atoms with Crippen molar-refractivity contribution in [2.75, 3.05) is 19.6 Å². The van der Waals surface area contributed by atoms with Crippen LogP contribution in [0.15, 0.2) is 17.1 Å². The molecule has 6 heteroatoms. The third kappa shape index (κ3) is 2.78. The fourth-order valence-corrected chi connectivity index (χ4v) is 3.40. The number of benzene rings is 1. The van der Waals surface area contributed by atoms with E-state index in [0.29, 0.717) is 11.5 Å². The average molecular weight is 312 g/mol. The number of hydrogen-bond acceptors (Lipinski definition) is 3. The lowest BCUT2D eigenvalue weighted by molar-refractivity contribution is 0.0898. The summed E-state index contributed by atoms with van der Waals surface area (Å²) in [6, 6.07) is 3.42. The molecule has 0 unspecified atom stereocenters. The van der Waals surface area contributed by atoms with Gasteiger partial charge in [0.2, 0.25) is 0 Å². The first-order valence-corrected chi connectivity index (χ1v) is 7.63. The van der Waals surface area contributed by atoms with E-state index < -0.39 is 5.82 Å². The number of nitrogens with zero attached hydrogens (tertiary/aromatic N) is 2. The van der Waals surface area contributed by atoms with Gasteiger partial charge in [0.1, 0.15) is 0 Å². The molecule has 0 spiro atoms. The van der Waals surface area contributed by atoms with Crippen molar-refractivity contribution >= 4 is 17.4 Å². The third-order valence-corrected chi connectivity index (χ3v) is 5.02. The van der Waals surface area contributed by atoms with E-state index in [-0.39, 0.29) is 22.5 Å². The molecule has 1 atom stereocenters. The second kappa shape index (κ2) is 5.91. The summed E-state index contributed by atoms with van der Waals surface area (Å²) in [7, 11) is 0. The van der Waals surface area contributed by atoms with Crippen LogP contribution in [-0.4, -0.2) is 41.6 Å². The van der Waals surface area contributed by atoms with E-state index in [0.717, 1.165) is 32.5 Å². The van der Waals surface area contributed by atoms with Gasteiger partial charge in [-0.05, 0) is 50.4 Å². The molecule has 4 nitrogen and oxygen atoms in total. The molecule has 3 saturated heterocycles. The molecule has 2 bridgehead atoms. The molecule has 0 radical (unpaired) electrons. The van der Waals surface area contributed by atoms with Gasteiger partial charge in [0, 0.05) is 6.54 Å². The summed E-state index contributed by atoms with van der Waals surface area (Å²) < 4.78 is 14.3. The normalized spacial score (nSPS) is 28.8. The van der Waals surface area contributed by atoms with Crippen molar-refractivity contribution in [3.63, 3.8) is 0 Å². The van der Waals surface area contributed by atoms with Gasteiger partial charge in [-0.15, -0.1) is 0 Å². The molecule has 3 aliphatic rings. The van der Waals surface area contributed by atoms with Crippen molar-refractivity contribution in [3.8, 4) is 0 Å². The van der Waals surface area contributed by atoms with Crippen molar-refractivity contribution in [2.45, 2.75) is 25.8 Å². The van der Waals surface area contributed by atoms with Crippen LogP contribution in [0, 0.1) is 18.7 Å². The van der Waals surface area contributed by atoms with Crippen LogP contribution in [0.1, 0.15) is 24.0 Å². The van der Waals surface area contributed by atoms with E-state index in [1.807, 2.05) is 5.48 Å². The Kier molecular flexibility index (Phi) is 4.15. The molecule has 114 valence electrons. The minimum Gasteiger partial charge on any atom is -0.301 e. The number of nitrogens with one attached hydrogen (secondary N) is 1. The number of halogens is 2. The van der Waals surface area contributed by atoms with Gasteiger partial charge in [-0.3, -0.25) is 15.7 Å². The first kappa shape index (κ1) is 14.8. The van der Waals surface area contributed by atoms with E-state index in [9.17, 15) is 9.60 Å². The largest absolute Gasteiger partial charge is 0.301 e. The highest BCUT2D eigenvalue weighted by molar-refractivity contribution is 6.32. The van der Waals surface area contributed by atoms with Gasteiger partial charge in [0.25, 0.3) is 0 Å². The maximum atomic E-state index is 14.3. The van der Waals surface area contributed by atoms with E-state index in [1.165, 1.54) is 0 Å². The fraction of sp³-hybridized carbons (Fsp3) is 0.533. The van der Waals surface area contributed by atoms with Gasteiger partial charge in [0.05, 0.1) is 16.6 Å². The van der Waals surface area contributed by atoms with Crippen molar-refractivity contribution in [2.24, 2.45) is 10.9 Å². The molecule has 21 heavy (non-hydrogen) atoms. The summed E-state index contributed by atoms with van der Waals surface area (Å²) in [6.07, 6.45) is 2.23. The number of piperidine rings is 3. The van der Waals surface area contributed by atoms with Crippen LogP contribution >= 0.6 is 11.6 Å². The van der Waals surface area contributed by atoms with Crippen molar-refractivity contribution in [1.82, 2.24) is 10.4 Å². The molecule has 0 aromatic heterocycles. The Morgan fingerprint density at radius 1 is 1.43 bits per heavy atom. The van der Waals surface area contributed by atoms with Crippen LogP contribution in [0.3, 0.4) is 0 Å². The van der Waals surface area contributed by atoms with Crippen molar-refractivity contribution in [1.29, 1.82) is 0 Å². The maximum absolute atomic E-state index is 14.3. The second-order valence-electron chi connectivity index (χ2n) is 5.85. The highest BCUT2D eigenvalue weighted by Gasteiger charge is 2.34. The summed E-state index contributed by atoms with van der Waals surface area (Å²) in [4.78, 5) is 6.92. The van der Waals surface area contributed by atoms with Crippen molar-refractivity contribution < 1.29 is 9.60 Å². The summed E-state index contributed by atoms with van der Waals surface area (Å²) in [6.45, 7) is 4.84. The molecular weight excluding hydrogens is 293 g/mol. The average Bonchev–Trinajstić information content (AvgIpc) is 2.52. The van der Waals surface area contributed by atoms with Crippen LogP contribution in [0.5, 0.6) is 0 Å². The minimum absolute atomic E-state index is 0.0735. The molecule has 0 amide bonds. The van der Waals surface area contributed by atoms with Crippen LogP contribution in [0.2, 0.25) is 5.02 Å². The molecule has 0 aliphatic carbocycles. The number of rotatable bonds is 2. The standard InChI is InChI=1S/C15H19ClFN3O/c1-9-2-3-11(14(17)13(9)16)15(19-21)18-12-8-20-6-4-10(12)5-7-20/h2-3,10,12,21H,4-8H2,1H3,(H,18,19)/t12-/m0/s1. The predicted octanol–water partition coefficient (Wildman–Crippen LogP) is 2.61. The van der Waals surface area contributed by atoms with Crippen LogP contribution in [-0.2, 0) is 0 Å². The Hall–Kier alpha value is -1.17. The van der Waals surface area contributed by atoms with E-state index >= 15 is 0 Å². The molecule has 4 rings (SSSR count). The Bertz CT molecular complexity index is 570. The molecule has 1 aromatic rings. The lowest BCUT2D eigenvalue weighted by Gasteiger charge is -2.43. The number of hydrogen-bond donors (Lipinski definition) is 2. The van der Waals surface area contributed by atoms with Gasteiger partial charge >= 0.3 is 0 Å². The third-order valence-electron chi connectivity index (χ3n) is 4.55. The molecule has 3 fully saturated rings. The Balaban J connectivity index is 1.91. The minimum atomic E-state index is -0.543. The number of hydroxylamine groups is 1. The lowest BCUT2D eigenvalue weighted by Crippen LogP contribution is -2.50. The Morgan fingerprint density at radius 3 is 2.71 bits per heavy atom. The van der Waals surface area contributed by atoms with Gasteiger partial charge in [0.15, 0.2) is 11.7 Å². The Morgan fingerprint density at radius 2 is 2.14 bits per heavy atom. The smallest absolute Gasteiger partial charge is 0.155 e. The summed E-state index contributed by atoms with van der Waals surface area (Å²) in [5, 5.41) is 9.43. The van der Waals surface area contributed by atoms with E-state index in [4.69, 9.17) is 11.6 Å². The fourth-order valence-electron chi connectivity index (χ4n) is 3.23. The molecule has 2 N–H and O–H groups in total. The van der Waals surface area contributed by atoms with Crippen LogP contribution < -0.4 is 5.48 Å². The highest BCUT2D eigenvalue weighted by Crippen LogP contribution is 2.30. The highest BCUT2D eigenvalue weighted by atomic mass is 35.5. The molecule has 3 heterocycles. The van der Waals surface area contributed by atoms with E-state index in [1.54, 1.807) is 19.1 Å². The monoisotopic (exact) mass is 311 g/mol. The first-order chi connectivity index (χ1) is 10.1. The zero-order valence-electron chi connectivity index (χ0n) is 11.9. The van der Waals surface area contributed by atoms with Gasteiger partial charge in [-0.1, -0.05) is 17.7 Å². The number of aliphatic imine (C=N–C) groups is 1. The predicted molar refractivity (Wildman–Crippen MR) is 80.6 cm³/mol. The molecule has 0 saturated carbocycles. The number of aryl methyl sites for hydroxylation is 1.